The first-order valence-electron chi connectivity index (χ1n) is 12.0. The normalized spacial score (nSPS) is 29.9. The van der Waals surface area contributed by atoms with E-state index in [2.05, 4.69) is 22.6 Å². The van der Waals surface area contributed by atoms with Crippen molar-refractivity contribution in [2.75, 3.05) is 26.7 Å². The van der Waals surface area contributed by atoms with Crippen LogP contribution in [-0.2, 0) is 4.79 Å². The van der Waals surface area contributed by atoms with E-state index < -0.39 is 6.03 Å². The quantitative estimate of drug-likeness (QED) is 0.410. The maximum Gasteiger partial charge on any atom is 0.312 e. The van der Waals surface area contributed by atoms with Gasteiger partial charge in [-0.3, -0.25) is 9.69 Å². The molecular formula is C23H42N4O2. The van der Waals surface area contributed by atoms with Crippen LogP contribution in [0, 0.1) is 17.8 Å². The molecule has 0 aliphatic heterocycles. The maximum absolute atomic E-state index is 12.7. The van der Waals surface area contributed by atoms with Crippen LogP contribution in [0.15, 0.2) is 0 Å². The van der Waals surface area contributed by atoms with Crippen molar-refractivity contribution in [3.8, 4) is 0 Å². The van der Waals surface area contributed by atoms with Gasteiger partial charge in [0.05, 0.1) is 6.54 Å². The molecule has 4 rings (SSSR count). The molecule has 0 aromatic rings. The van der Waals surface area contributed by atoms with Gasteiger partial charge in [0.15, 0.2) is 0 Å². The predicted octanol–water partition coefficient (Wildman–Crippen LogP) is 3.40. The fourth-order valence-corrected chi connectivity index (χ4v) is 6.53. The van der Waals surface area contributed by atoms with E-state index in [1.54, 1.807) is 0 Å². The topological polar surface area (TPSA) is 87.5 Å². The molecule has 0 saturated heterocycles. The molecule has 29 heavy (non-hydrogen) atoms. The second-order valence-corrected chi connectivity index (χ2v) is 10.2. The number of carbonyl (C=O) groups is 2. The molecule has 0 aromatic carbocycles. The van der Waals surface area contributed by atoms with E-state index in [0.29, 0.717) is 13.1 Å². The highest BCUT2D eigenvalue weighted by atomic mass is 16.2. The number of nitrogens with one attached hydrogen (secondary N) is 2. The number of rotatable bonds is 13. The first kappa shape index (κ1) is 22.4. The number of nitrogens with two attached hydrogens (primary N) is 1. The van der Waals surface area contributed by atoms with Crippen molar-refractivity contribution < 1.29 is 9.59 Å². The number of carbonyl (C=O) groups excluding carboxylic acids is 2. The Bertz CT molecular complexity index is 516. The lowest BCUT2D eigenvalue weighted by Gasteiger charge is -2.57. The SMILES string of the molecule is CN(CCCCCCCCCNC(N)=O)CC(=O)NC12CC3CC(CC(C3)C1)C2. The van der Waals surface area contributed by atoms with Gasteiger partial charge in [-0.25, -0.2) is 4.79 Å². The molecule has 4 fully saturated rings. The van der Waals surface area contributed by atoms with Crippen LogP contribution in [0.4, 0.5) is 4.79 Å². The van der Waals surface area contributed by atoms with Crippen LogP contribution in [0.1, 0.15) is 83.5 Å². The molecule has 0 unspecified atom stereocenters. The monoisotopic (exact) mass is 406 g/mol. The highest BCUT2D eigenvalue weighted by molar-refractivity contribution is 5.79. The van der Waals surface area contributed by atoms with Crippen LogP contribution in [0.5, 0.6) is 0 Å². The van der Waals surface area contributed by atoms with Crippen LogP contribution in [-0.4, -0.2) is 49.1 Å². The molecule has 0 radical (unpaired) electrons. The smallest absolute Gasteiger partial charge is 0.312 e. The van der Waals surface area contributed by atoms with Gasteiger partial charge in [0.2, 0.25) is 5.91 Å². The number of nitrogens with zero attached hydrogens (tertiary/aromatic N) is 1. The summed E-state index contributed by atoms with van der Waals surface area (Å²) in [6.07, 6.45) is 16.2. The molecule has 0 heterocycles. The third-order valence-electron chi connectivity index (χ3n) is 7.37. The molecule has 166 valence electrons. The van der Waals surface area contributed by atoms with Crippen molar-refractivity contribution in [1.29, 1.82) is 0 Å². The second kappa shape index (κ2) is 10.6. The average Bonchev–Trinajstić information content (AvgIpc) is 2.61. The summed E-state index contributed by atoms with van der Waals surface area (Å²) < 4.78 is 0. The van der Waals surface area contributed by atoms with Crippen molar-refractivity contribution in [3.05, 3.63) is 0 Å². The largest absolute Gasteiger partial charge is 0.352 e. The second-order valence-electron chi connectivity index (χ2n) is 10.2. The van der Waals surface area contributed by atoms with E-state index in [-0.39, 0.29) is 11.4 Å². The van der Waals surface area contributed by atoms with Gasteiger partial charge in [0.1, 0.15) is 0 Å². The molecule has 0 spiro atoms. The minimum Gasteiger partial charge on any atom is -0.352 e. The molecule has 0 aromatic heterocycles. The number of unbranched alkanes of at least 4 members (excludes halogenated alkanes) is 6. The summed E-state index contributed by atoms with van der Waals surface area (Å²) in [5.74, 6) is 2.86. The highest BCUT2D eigenvalue weighted by Gasteiger charge is 2.51. The molecule has 6 heteroatoms. The van der Waals surface area contributed by atoms with Gasteiger partial charge in [0, 0.05) is 12.1 Å². The standard InChI is InChI=1S/C23H42N4O2/c1-27(10-8-6-4-2-3-5-7-9-25-22(24)29)17-21(28)26-23-14-18-11-19(15-23)13-20(12-18)16-23/h18-20H,2-17H2,1H3,(H,26,28)(H3,24,25,29). The van der Waals surface area contributed by atoms with Crippen molar-refractivity contribution in [2.24, 2.45) is 23.5 Å². The summed E-state index contributed by atoms with van der Waals surface area (Å²) in [4.78, 5) is 25.4. The van der Waals surface area contributed by atoms with Crippen LogP contribution in [0.2, 0.25) is 0 Å². The minimum absolute atomic E-state index is 0.139. The molecule has 4 N–H and O–H groups in total. The molecule has 4 aliphatic rings. The summed E-state index contributed by atoms with van der Waals surface area (Å²) in [5.41, 5.74) is 5.18. The predicted molar refractivity (Wildman–Crippen MR) is 116 cm³/mol. The first-order valence-corrected chi connectivity index (χ1v) is 12.0. The number of hydrogen-bond acceptors (Lipinski definition) is 3. The molecule has 0 atom stereocenters. The number of amides is 3. The Balaban J connectivity index is 1.20. The van der Waals surface area contributed by atoms with E-state index in [4.69, 9.17) is 5.73 Å². The Morgan fingerprint density at radius 3 is 1.97 bits per heavy atom. The third kappa shape index (κ3) is 7.16. The van der Waals surface area contributed by atoms with E-state index in [1.807, 2.05) is 0 Å². The molecule has 4 aliphatic carbocycles. The summed E-state index contributed by atoms with van der Waals surface area (Å²) in [7, 11) is 2.07. The van der Waals surface area contributed by atoms with Crippen LogP contribution >= 0.6 is 0 Å². The molecule has 4 saturated carbocycles. The van der Waals surface area contributed by atoms with Gasteiger partial charge in [-0.2, -0.15) is 0 Å². The number of hydrogen-bond donors (Lipinski definition) is 3. The number of primary amides is 1. The van der Waals surface area contributed by atoms with E-state index in [0.717, 1.165) is 43.6 Å². The third-order valence-corrected chi connectivity index (χ3v) is 7.37. The van der Waals surface area contributed by atoms with Crippen LogP contribution in [0.25, 0.3) is 0 Å². The number of likely N-dealkylation sites (N-methyl/N-ethyl adjacent to an activating group) is 1. The van der Waals surface area contributed by atoms with Gasteiger partial charge >= 0.3 is 6.03 Å². The minimum atomic E-state index is -0.430. The van der Waals surface area contributed by atoms with Gasteiger partial charge < -0.3 is 16.4 Å². The zero-order valence-corrected chi connectivity index (χ0v) is 18.4. The van der Waals surface area contributed by atoms with Crippen molar-refractivity contribution in [3.63, 3.8) is 0 Å². The Morgan fingerprint density at radius 1 is 0.897 bits per heavy atom. The summed E-state index contributed by atoms with van der Waals surface area (Å²) in [5, 5.41) is 6.11. The zero-order chi connectivity index (χ0) is 20.7. The Kier molecular flexibility index (Phi) is 8.22. The maximum atomic E-state index is 12.7. The van der Waals surface area contributed by atoms with Crippen LogP contribution < -0.4 is 16.4 Å². The van der Waals surface area contributed by atoms with Crippen LogP contribution in [0.3, 0.4) is 0 Å². The first-order chi connectivity index (χ1) is 13.9. The van der Waals surface area contributed by atoms with Crippen molar-refractivity contribution in [1.82, 2.24) is 15.5 Å². The molecule has 3 amide bonds. The van der Waals surface area contributed by atoms with Gasteiger partial charge in [-0.15, -0.1) is 0 Å². The van der Waals surface area contributed by atoms with E-state index >= 15 is 0 Å². The zero-order valence-electron chi connectivity index (χ0n) is 18.4. The fourth-order valence-electron chi connectivity index (χ4n) is 6.53. The van der Waals surface area contributed by atoms with Crippen molar-refractivity contribution in [2.45, 2.75) is 89.0 Å². The van der Waals surface area contributed by atoms with Gasteiger partial charge in [-0.05, 0) is 82.7 Å². The molecule has 4 bridgehead atoms. The van der Waals surface area contributed by atoms with Crippen molar-refractivity contribution >= 4 is 11.9 Å². The van der Waals surface area contributed by atoms with E-state index in [1.165, 1.54) is 64.2 Å². The fraction of sp³-hybridized carbons (Fsp3) is 0.913. The molecular weight excluding hydrogens is 364 g/mol. The van der Waals surface area contributed by atoms with Gasteiger partial charge in [-0.1, -0.05) is 32.1 Å². The Labute approximate surface area is 176 Å². The lowest BCUT2D eigenvalue weighted by atomic mass is 9.53. The van der Waals surface area contributed by atoms with E-state index in [9.17, 15) is 9.59 Å². The summed E-state index contributed by atoms with van der Waals surface area (Å²) >= 11 is 0. The molecule has 6 nitrogen and oxygen atoms in total. The Hall–Kier alpha value is -1.30. The Morgan fingerprint density at radius 2 is 1.41 bits per heavy atom. The lowest BCUT2D eigenvalue weighted by molar-refractivity contribution is -0.127. The van der Waals surface area contributed by atoms with Gasteiger partial charge in [0.25, 0.3) is 0 Å². The highest BCUT2D eigenvalue weighted by Crippen LogP contribution is 2.55. The number of urea groups is 1. The summed E-state index contributed by atoms with van der Waals surface area (Å²) in [6.45, 7) is 2.22. The summed E-state index contributed by atoms with van der Waals surface area (Å²) in [6, 6.07) is -0.430. The average molecular weight is 407 g/mol. The lowest BCUT2D eigenvalue weighted by Crippen LogP contribution is -2.60.